The van der Waals surface area contributed by atoms with Gasteiger partial charge in [0.15, 0.2) is 0 Å². The van der Waals surface area contributed by atoms with Gasteiger partial charge in [-0.3, -0.25) is 9.88 Å². The Labute approximate surface area is 237 Å². The Hall–Kier alpha value is -3.95. The molecule has 0 aliphatic carbocycles. The molecule has 228 valence electrons. The van der Waals surface area contributed by atoms with E-state index in [4.69, 9.17) is 10.5 Å². The zero-order chi connectivity index (χ0) is 30.8. The van der Waals surface area contributed by atoms with E-state index in [9.17, 15) is 31.1 Å². The molecule has 0 bridgehead atoms. The Morgan fingerprint density at radius 2 is 1.76 bits per heavy atom. The second kappa shape index (κ2) is 12.1. The van der Waals surface area contributed by atoms with E-state index in [0.717, 1.165) is 0 Å². The molecule has 1 aliphatic heterocycles. The number of benzene rings is 1. The number of carbonyl (C=O) groups is 1. The molecule has 2 atom stereocenters. The number of alkyl halides is 6. The number of aromatic nitrogens is 5. The van der Waals surface area contributed by atoms with Gasteiger partial charge in [0.05, 0.1) is 41.7 Å². The Morgan fingerprint density at radius 1 is 1.10 bits per heavy atom. The van der Waals surface area contributed by atoms with Crippen molar-refractivity contribution in [3.05, 3.63) is 58.4 Å². The fourth-order valence-electron chi connectivity index (χ4n) is 4.94. The van der Waals surface area contributed by atoms with Gasteiger partial charge in [-0.25, -0.2) is 4.79 Å². The van der Waals surface area contributed by atoms with Crippen LogP contribution >= 0.6 is 0 Å². The van der Waals surface area contributed by atoms with Gasteiger partial charge >= 0.3 is 18.4 Å². The number of nitrogens with zero attached hydrogens (tertiary/aromatic N) is 7. The number of carbonyl (C=O) groups excluding carboxylic acids is 1. The van der Waals surface area contributed by atoms with Crippen molar-refractivity contribution in [2.75, 3.05) is 23.0 Å². The fourth-order valence-corrected chi connectivity index (χ4v) is 4.94. The van der Waals surface area contributed by atoms with Crippen molar-refractivity contribution < 1.29 is 35.9 Å². The molecule has 1 aromatic carbocycles. The molecule has 2 aromatic heterocycles. The van der Waals surface area contributed by atoms with Gasteiger partial charge in [-0.1, -0.05) is 12.0 Å². The predicted molar refractivity (Wildman–Crippen MR) is 139 cm³/mol. The number of rotatable bonds is 8. The van der Waals surface area contributed by atoms with Gasteiger partial charge in [-0.2, -0.15) is 31.1 Å². The van der Waals surface area contributed by atoms with E-state index in [1.807, 2.05) is 6.92 Å². The van der Waals surface area contributed by atoms with Gasteiger partial charge in [-0.05, 0) is 67.8 Å². The van der Waals surface area contributed by atoms with Gasteiger partial charge < -0.3 is 15.4 Å². The molecule has 0 fully saturated rings. The summed E-state index contributed by atoms with van der Waals surface area (Å²) in [7, 11) is 0. The van der Waals surface area contributed by atoms with E-state index in [-0.39, 0.29) is 43.7 Å². The van der Waals surface area contributed by atoms with Crippen LogP contribution in [0.4, 0.5) is 42.8 Å². The molecule has 2 unspecified atom stereocenters. The molecule has 1 amide bonds. The topological polar surface area (TPSA) is 115 Å². The molecule has 42 heavy (non-hydrogen) atoms. The summed E-state index contributed by atoms with van der Waals surface area (Å²) in [6, 6.07) is 3.60. The number of ether oxygens (including phenoxy) is 1. The number of hydrogen-bond donors (Lipinski definition) is 1. The first-order valence-electron chi connectivity index (χ1n) is 13.2. The molecule has 3 heterocycles. The summed E-state index contributed by atoms with van der Waals surface area (Å²) in [4.78, 5) is 21.8. The third-order valence-corrected chi connectivity index (χ3v) is 6.82. The molecule has 0 saturated carbocycles. The maximum absolute atomic E-state index is 13.7. The van der Waals surface area contributed by atoms with E-state index < -0.39 is 48.2 Å². The second-order valence-electron chi connectivity index (χ2n) is 9.76. The minimum atomic E-state index is -5.02. The summed E-state index contributed by atoms with van der Waals surface area (Å²) in [6.07, 6.45) is -9.97. The summed E-state index contributed by atoms with van der Waals surface area (Å²) in [6.45, 7) is 5.26. The number of anilines is 2. The highest BCUT2D eigenvalue weighted by Gasteiger charge is 2.42. The smallest absolute Gasteiger partial charge is 0.416 e. The summed E-state index contributed by atoms with van der Waals surface area (Å²) < 4.78 is 87.3. The average molecular weight is 601 g/mol. The van der Waals surface area contributed by atoms with Gasteiger partial charge in [0.2, 0.25) is 0 Å². The summed E-state index contributed by atoms with van der Waals surface area (Å²) >= 11 is 0. The molecule has 4 rings (SSSR count). The van der Waals surface area contributed by atoms with Crippen LogP contribution < -0.4 is 15.5 Å². The molecule has 0 radical (unpaired) electrons. The summed E-state index contributed by atoms with van der Waals surface area (Å²) in [5.74, 6) is -0.0480. The average Bonchev–Trinajstić information content (AvgIpc) is 3.38. The van der Waals surface area contributed by atoms with Crippen molar-refractivity contribution in [1.82, 2.24) is 25.2 Å². The zero-order valence-electron chi connectivity index (χ0n) is 23.1. The zero-order valence-corrected chi connectivity index (χ0v) is 23.1. The van der Waals surface area contributed by atoms with Crippen molar-refractivity contribution >= 4 is 17.7 Å². The van der Waals surface area contributed by atoms with Crippen LogP contribution in [0.15, 0.2) is 30.3 Å². The summed E-state index contributed by atoms with van der Waals surface area (Å²) in [5.41, 5.74) is 3.79. The summed E-state index contributed by atoms with van der Waals surface area (Å²) in [5, 5.41) is 12.3. The molecule has 3 aromatic rings. The molecular weight excluding hydrogens is 570 g/mol. The van der Waals surface area contributed by atoms with Crippen LogP contribution in [0.25, 0.3) is 0 Å². The van der Waals surface area contributed by atoms with E-state index in [1.54, 1.807) is 26.0 Å². The molecular formula is C26H30F6N8O2. The fraction of sp³-hybridized carbons (Fsp3) is 0.500. The lowest BCUT2D eigenvalue weighted by atomic mass is 9.91. The van der Waals surface area contributed by atoms with Crippen LogP contribution in [-0.4, -0.2) is 50.5 Å². The molecule has 10 nitrogen and oxygen atoms in total. The number of fused-ring (bicyclic) bond motifs is 1. The minimum Gasteiger partial charge on any atom is -0.449 e. The van der Waals surface area contributed by atoms with Crippen LogP contribution in [-0.2, 0) is 30.2 Å². The van der Waals surface area contributed by atoms with Crippen molar-refractivity contribution in [2.24, 2.45) is 5.73 Å². The minimum absolute atomic E-state index is 0.0480. The number of hydrogen-bond acceptors (Lipinski definition) is 8. The molecule has 2 N–H and O–H groups in total. The number of pyridine rings is 1. The number of aryl methyl sites for hydroxylation is 1. The van der Waals surface area contributed by atoms with E-state index in [0.29, 0.717) is 35.6 Å². The van der Waals surface area contributed by atoms with Gasteiger partial charge in [-0.15, -0.1) is 5.10 Å². The number of halogens is 6. The number of tetrazole rings is 1. The van der Waals surface area contributed by atoms with Crippen molar-refractivity contribution in [3.63, 3.8) is 0 Å². The second-order valence-corrected chi connectivity index (χ2v) is 9.76. The Bertz CT molecular complexity index is 1380. The standard InChI is InChI=1S/C26H30F6N8O2/c1-4-19-13-21(22-20(7-6-15(3)34-22)40(19)24(41)42-5-2)38(23-35-37-39(36-23)9-8-33)14-16-10-17(25(27,28)29)12-18(11-16)26(30,31)32/h6-7,10-12,19,21H,4-5,8-9,13-14,33H2,1-3H3. The quantitative estimate of drug-likeness (QED) is 0.348. The normalized spacial score (nSPS) is 17.2. The third kappa shape index (κ3) is 6.58. The maximum atomic E-state index is 13.7. The lowest BCUT2D eigenvalue weighted by Crippen LogP contribution is -2.48. The molecule has 0 saturated heterocycles. The first-order chi connectivity index (χ1) is 19.8. The number of amides is 1. The molecule has 1 aliphatic rings. The first-order valence-corrected chi connectivity index (χ1v) is 13.2. The van der Waals surface area contributed by atoms with Crippen molar-refractivity contribution in [3.8, 4) is 0 Å². The molecule has 0 spiro atoms. The SMILES string of the molecule is CCOC(=O)N1c2ccc(C)nc2C(N(Cc2cc(C(F)(F)F)cc(C(F)(F)F)c2)c2nnn(CCN)n2)CC1CC. The van der Waals surface area contributed by atoms with Crippen LogP contribution in [0.5, 0.6) is 0 Å². The van der Waals surface area contributed by atoms with E-state index >= 15 is 0 Å². The van der Waals surface area contributed by atoms with Crippen molar-refractivity contribution in [2.45, 2.75) is 71.1 Å². The third-order valence-electron chi connectivity index (χ3n) is 6.82. The maximum Gasteiger partial charge on any atom is 0.416 e. The van der Waals surface area contributed by atoms with Gasteiger partial charge in [0.25, 0.3) is 5.95 Å². The Balaban J connectivity index is 1.89. The van der Waals surface area contributed by atoms with Crippen molar-refractivity contribution in [1.29, 1.82) is 0 Å². The number of nitrogens with two attached hydrogens (primary N) is 1. The Morgan fingerprint density at radius 3 is 2.33 bits per heavy atom. The highest BCUT2D eigenvalue weighted by molar-refractivity contribution is 5.90. The highest BCUT2D eigenvalue weighted by atomic mass is 19.4. The van der Waals surface area contributed by atoms with Crippen LogP contribution in [0.1, 0.15) is 60.8 Å². The van der Waals surface area contributed by atoms with Gasteiger partial charge in [0, 0.05) is 24.8 Å². The highest BCUT2D eigenvalue weighted by Crippen LogP contribution is 2.43. The van der Waals surface area contributed by atoms with Crippen LogP contribution in [0, 0.1) is 6.92 Å². The van der Waals surface area contributed by atoms with E-state index in [1.165, 1.54) is 14.6 Å². The monoisotopic (exact) mass is 600 g/mol. The molecule has 16 heteroatoms. The van der Waals surface area contributed by atoms with Crippen LogP contribution in [0.2, 0.25) is 0 Å². The van der Waals surface area contributed by atoms with E-state index in [2.05, 4.69) is 20.4 Å². The lowest BCUT2D eigenvalue weighted by Gasteiger charge is -2.43. The van der Waals surface area contributed by atoms with Gasteiger partial charge in [0.1, 0.15) is 0 Å². The van der Waals surface area contributed by atoms with Crippen LogP contribution in [0.3, 0.4) is 0 Å². The first kappa shape index (κ1) is 31.0. The Kier molecular flexibility index (Phi) is 8.94. The lowest BCUT2D eigenvalue weighted by molar-refractivity contribution is -0.143. The predicted octanol–water partition coefficient (Wildman–Crippen LogP) is 5.27. The largest absolute Gasteiger partial charge is 0.449 e.